The summed E-state index contributed by atoms with van der Waals surface area (Å²) in [6, 6.07) is 0. The van der Waals surface area contributed by atoms with Crippen molar-refractivity contribution in [2.45, 2.75) is 43.9 Å². The zero-order valence-electron chi connectivity index (χ0n) is 16.1. The van der Waals surface area contributed by atoms with E-state index in [0.717, 1.165) is 13.3 Å². The summed E-state index contributed by atoms with van der Waals surface area (Å²) in [5.41, 5.74) is 0.585. The number of carbonyl (C=O) groups excluding carboxylic acids is 1. The van der Waals surface area contributed by atoms with Crippen LogP contribution in [0.25, 0.3) is 11.2 Å². The zero-order chi connectivity index (χ0) is 22.3. The number of aliphatic hydroxyl groups is 1. The van der Waals surface area contributed by atoms with Crippen LogP contribution in [0.1, 0.15) is 26.5 Å². The Balaban J connectivity index is 2.12. The second kappa shape index (κ2) is 7.51. The SMILES string of the molecule is C#C[C@]1(O)C(C(C)(F)C(=O)O)C(COC(=O)CC)O[C@H]1n1cnc2c(N)ncnc21. The summed E-state index contributed by atoms with van der Waals surface area (Å²) in [6.45, 7) is 1.79. The van der Waals surface area contributed by atoms with Gasteiger partial charge in [-0.1, -0.05) is 12.8 Å². The monoisotopic (exact) mass is 421 g/mol. The molecule has 2 aromatic heterocycles. The lowest BCUT2D eigenvalue weighted by molar-refractivity contribution is -0.162. The summed E-state index contributed by atoms with van der Waals surface area (Å²) in [4.78, 5) is 35.1. The van der Waals surface area contributed by atoms with Gasteiger partial charge in [0.2, 0.25) is 5.67 Å². The summed E-state index contributed by atoms with van der Waals surface area (Å²) in [5, 5.41) is 20.7. The van der Waals surface area contributed by atoms with Crippen LogP contribution in [0.15, 0.2) is 12.7 Å². The van der Waals surface area contributed by atoms with Crippen LogP contribution in [0.2, 0.25) is 0 Å². The third-order valence-corrected chi connectivity index (χ3v) is 5.10. The number of anilines is 1. The highest BCUT2D eigenvalue weighted by Crippen LogP contribution is 2.49. The Kier molecular flexibility index (Phi) is 5.36. The van der Waals surface area contributed by atoms with Crippen molar-refractivity contribution < 1.29 is 33.7 Å². The third kappa shape index (κ3) is 3.21. The minimum Gasteiger partial charge on any atom is -0.479 e. The molecule has 11 nitrogen and oxygen atoms in total. The number of halogens is 1. The molecule has 2 aromatic rings. The molecule has 0 saturated carbocycles. The standard InChI is InChI=1S/C18H20FN5O6/c1-4-10(25)29-6-9-12(17(3,19)16(26)27)18(28,5-2)15(30-9)24-8-23-11-13(20)21-7-22-14(11)24/h2,7-9,12,15,28H,4,6H2,1,3H3,(H,26,27)(H2,20,21,22)/t9?,12?,15-,17?,18+/m1/s1. The topological polar surface area (TPSA) is 163 Å². The Morgan fingerprint density at radius 1 is 1.50 bits per heavy atom. The Morgan fingerprint density at radius 2 is 2.20 bits per heavy atom. The van der Waals surface area contributed by atoms with Crippen molar-refractivity contribution >= 4 is 28.9 Å². The van der Waals surface area contributed by atoms with E-state index in [9.17, 15) is 19.8 Å². The number of carboxylic acid groups (broad SMARTS) is 1. The van der Waals surface area contributed by atoms with E-state index in [1.165, 1.54) is 10.9 Å². The molecule has 1 fully saturated rings. The van der Waals surface area contributed by atoms with Crippen LogP contribution >= 0.6 is 0 Å². The number of carbonyl (C=O) groups is 2. The van der Waals surface area contributed by atoms with E-state index in [4.69, 9.17) is 21.6 Å². The quantitative estimate of drug-likeness (QED) is 0.429. The molecule has 0 bridgehead atoms. The van der Waals surface area contributed by atoms with Gasteiger partial charge in [-0.15, -0.1) is 6.42 Å². The molecule has 1 saturated heterocycles. The molecule has 0 radical (unpaired) electrons. The number of aliphatic carboxylic acids is 1. The molecular formula is C18H20FN5O6. The van der Waals surface area contributed by atoms with Crippen molar-refractivity contribution in [2.75, 3.05) is 12.3 Å². The lowest BCUT2D eigenvalue weighted by Crippen LogP contribution is -2.55. The Bertz CT molecular complexity index is 1030. The molecule has 0 aliphatic carbocycles. The highest BCUT2D eigenvalue weighted by Gasteiger charge is 2.66. The number of ether oxygens (including phenoxy) is 2. The van der Waals surface area contributed by atoms with Gasteiger partial charge in [-0.05, 0) is 6.92 Å². The summed E-state index contributed by atoms with van der Waals surface area (Å²) in [6.07, 6.45) is 5.05. The normalized spacial score (nSPS) is 28.0. The van der Waals surface area contributed by atoms with E-state index in [2.05, 4.69) is 20.9 Å². The van der Waals surface area contributed by atoms with Crippen LogP contribution in [0.4, 0.5) is 10.2 Å². The maximum absolute atomic E-state index is 15.3. The molecule has 0 amide bonds. The lowest BCUT2D eigenvalue weighted by Gasteiger charge is -2.34. The molecular weight excluding hydrogens is 401 g/mol. The molecule has 4 N–H and O–H groups in total. The number of nitrogens with two attached hydrogens (primary N) is 1. The predicted octanol–water partition coefficient (Wildman–Crippen LogP) is 0.0524. The van der Waals surface area contributed by atoms with Crippen LogP contribution in [-0.4, -0.2) is 65.7 Å². The summed E-state index contributed by atoms with van der Waals surface area (Å²) in [7, 11) is 0. The average Bonchev–Trinajstić information content (AvgIpc) is 3.26. The van der Waals surface area contributed by atoms with E-state index in [0.29, 0.717) is 0 Å². The summed E-state index contributed by atoms with van der Waals surface area (Å²) < 4.78 is 27.3. The van der Waals surface area contributed by atoms with Gasteiger partial charge in [-0.3, -0.25) is 9.36 Å². The van der Waals surface area contributed by atoms with Crippen LogP contribution in [-0.2, 0) is 19.1 Å². The van der Waals surface area contributed by atoms with Gasteiger partial charge < -0.3 is 25.4 Å². The maximum Gasteiger partial charge on any atom is 0.341 e. The lowest BCUT2D eigenvalue weighted by atomic mass is 9.75. The van der Waals surface area contributed by atoms with Gasteiger partial charge in [-0.2, -0.15) is 0 Å². The van der Waals surface area contributed by atoms with Crippen molar-refractivity contribution in [1.82, 2.24) is 19.5 Å². The number of aromatic nitrogens is 4. The Hall–Kier alpha value is -3.30. The Morgan fingerprint density at radius 3 is 2.80 bits per heavy atom. The summed E-state index contributed by atoms with van der Waals surface area (Å²) in [5.74, 6) is -2.16. The third-order valence-electron chi connectivity index (χ3n) is 5.10. The summed E-state index contributed by atoms with van der Waals surface area (Å²) >= 11 is 0. The number of nitrogen functional groups attached to an aromatic ring is 1. The molecule has 3 unspecified atom stereocenters. The zero-order valence-corrected chi connectivity index (χ0v) is 16.1. The number of nitrogens with zero attached hydrogens (tertiary/aromatic N) is 4. The van der Waals surface area contributed by atoms with E-state index in [1.807, 2.05) is 0 Å². The van der Waals surface area contributed by atoms with Gasteiger partial charge >= 0.3 is 11.9 Å². The van der Waals surface area contributed by atoms with Gasteiger partial charge in [0.05, 0.1) is 12.2 Å². The fraction of sp³-hybridized carbons (Fsp3) is 0.500. The van der Waals surface area contributed by atoms with Crippen molar-refractivity contribution in [3.8, 4) is 12.3 Å². The fourth-order valence-corrected chi connectivity index (χ4v) is 3.57. The number of imidazole rings is 1. The van der Waals surface area contributed by atoms with Crippen molar-refractivity contribution in [3.05, 3.63) is 12.7 Å². The number of carboxylic acids is 1. The number of hydrogen-bond acceptors (Lipinski definition) is 9. The first-order valence-corrected chi connectivity index (χ1v) is 8.94. The largest absolute Gasteiger partial charge is 0.479 e. The van der Waals surface area contributed by atoms with Crippen molar-refractivity contribution in [3.63, 3.8) is 0 Å². The molecule has 3 heterocycles. The molecule has 0 spiro atoms. The molecule has 160 valence electrons. The molecule has 30 heavy (non-hydrogen) atoms. The van der Waals surface area contributed by atoms with Gasteiger partial charge in [-0.25, -0.2) is 24.1 Å². The number of fused-ring (bicyclic) bond motifs is 1. The van der Waals surface area contributed by atoms with Gasteiger partial charge in [0.15, 0.2) is 23.3 Å². The molecule has 5 atom stereocenters. The first-order chi connectivity index (χ1) is 14.1. The molecule has 0 aromatic carbocycles. The molecule has 12 heteroatoms. The molecule has 3 rings (SSSR count). The highest BCUT2D eigenvalue weighted by molar-refractivity contribution is 5.81. The van der Waals surface area contributed by atoms with E-state index >= 15 is 4.39 Å². The van der Waals surface area contributed by atoms with E-state index in [-0.39, 0.29) is 23.4 Å². The minimum atomic E-state index is -3.02. The second-order valence-corrected chi connectivity index (χ2v) is 6.97. The van der Waals surface area contributed by atoms with Gasteiger partial charge in [0.25, 0.3) is 0 Å². The smallest absolute Gasteiger partial charge is 0.341 e. The van der Waals surface area contributed by atoms with Crippen molar-refractivity contribution in [1.29, 1.82) is 0 Å². The first-order valence-electron chi connectivity index (χ1n) is 8.94. The van der Waals surface area contributed by atoms with E-state index < -0.39 is 48.1 Å². The number of alkyl halides is 1. The first kappa shape index (κ1) is 21.4. The van der Waals surface area contributed by atoms with Gasteiger partial charge in [0, 0.05) is 6.42 Å². The van der Waals surface area contributed by atoms with Gasteiger partial charge in [0.1, 0.15) is 24.6 Å². The number of terminal acetylenes is 1. The Labute approximate surface area is 170 Å². The van der Waals surface area contributed by atoms with Crippen LogP contribution in [0.3, 0.4) is 0 Å². The second-order valence-electron chi connectivity index (χ2n) is 6.97. The average molecular weight is 421 g/mol. The number of esters is 1. The highest BCUT2D eigenvalue weighted by atomic mass is 19.1. The molecule has 1 aliphatic heterocycles. The number of rotatable bonds is 6. The molecule has 1 aliphatic rings. The number of hydrogen-bond donors (Lipinski definition) is 3. The van der Waals surface area contributed by atoms with Crippen LogP contribution in [0.5, 0.6) is 0 Å². The minimum absolute atomic E-state index is 0.0361. The van der Waals surface area contributed by atoms with Crippen LogP contribution < -0.4 is 5.73 Å². The van der Waals surface area contributed by atoms with Crippen LogP contribution in [0, 0.1) is 18.3 Å². The fourth-order valence-electron chi connectivity index (χ4n) is 3.57. The maximum atomic E-state index is 15.3. The predicted molar refractivity (Wildman–Crippen MR) is 99.3 cm³/mol. The van der Waals surface area contributed by atoms with E-state index in [1.54, 1.807) is 6.92 Å². The van der Waals surface area contributed by atoms with Crippen molar-refractivity contribution in [2.24, 2.45) is 5.92 Å².